The maximum Gasteiger partial charge on any atom is 0.256 e. The van der Waals surface area contributed by atoms with Gasteiger partial charge < -0.3 is 19.2 Å². The SMILES string of the molecule is COCc1nnc2n1[C@@H](C)CN(C(=O)c1cccc3c4c([nH]c13)CCCC4)C2. The molecule has 7 nitrogen and oxygen atoms in total. The maximum absolute atomic E-state index is 13.4. The first kappa shape index (κ1) is 17.4. The Morgan fingerprint density at radius 3 is 3.00 bits per heavy atom. The number of hydrogen-bond acceptors (Lipinski definition) is 4. The van der Waals surface area contributed by atoms with Crippen LogP contribution in [0.3, 0.4) is 0 Å². The first-order valence-corrected chi connectivity index (χ1v) is 10.0. The molecule has 0 unspecified atom stereocenters. The van der Waals surface area contributed by atoms with Crippen molar-refractivity contribution in [3.63, 3.8) is 0 Å². The highest BCUT2D eigenvalue weighted by Gasteiger charge is 2.31. The zero-order valence-electron chi connectivity index (χ0n) is 16.4. The van der Waals surface area contributed by atoms with Crippen LogP contribution in [0.25, 0.3) is 10.9 Å². The molecule has 7 heteroatoms. The summed E-state index contributed by atoms with van der Waals surface area (Å²) in [5.41, 5.74) is 4.44. The van der Waals surface area contributed by atoms with Gasteiger partial charge in [-0.3, -0.25) is 4.79 Å². The average Bonchev–Trinajstić information content (AvgIpc) is 3.29. The van der Waals surface area contributed by atoms with Crippen LogP contribution in [0.4, 0.5) is 0 Å². The third kappa shape index (κ3) is 2.64. The highest BCUT2D eigenvalue weighted by Crippen LogP contribution is 2.32. The minimum atomic E-state index is 0.0542. The molecule has 0 spiro atoms. The van der Waals surface area contributed by atoms with Gasteiger partial charge in [-0.15, -0.1) is 10.2 Å². The molecule has 1 amide bonds. The van der Waals surface area contributed by atoms with Crippen molar-refractivity contribution in [2.75, 3.05) is 13.7 Å². The van der Waals surface area contributed by atoms with Crippen LogP contribution in [-0.4, -0.2) is 44.2 Å². The number of ether oxygens (including phenoxy) is 1. The normalized spacial score (nSPS) is 18.9. The predicted molar refractivity (Wildman–Crippen MR) is 105 cm³/mol. The molecule has 3 aromatic rings. The molecular formula is C21H25N5O2. The standard InChI is InChI=1S/C21H25N5O2/c1-13-10-25(11-18-23-24-19(12-28-2)26(13)18)21(27)16-8-5-7-15-14-6-3-4-9-17(14)22-20(15)16/h5,7-8,13,22H,3-4,6,9-12H2,1-2H3/t13-/m0/s1. The average molecular weight is 379 g/mol. The number of aromatic nitrogens is 4. The van der Waals surface area contributed by atoms with Gasteiger partial charge in [0.25, 0.3) is 5.91 Å². The summed E-state index contributed by atoms with van der Waals surface area (Å²) in [6.07, 6.45) is 4.61. The van der Waals surface area contributed by atoms with E-state index in [0.29, 0.717) is 19.7 Å². The smallest absolute Gasteiger partial charge is 0.256 e. The Hall–Kier alpha value is -2.67. The lowest BCUT2D eigenvalue weighted by molar-refractivity contribution is 0.0677. The number of aryl methyl sites for hydroxylation is 2. The lowest BCUT2D eigenvalue weighted by atomic mass is 9.95. The number of nitrogens with zero attached hydrogens (tertiary/aromatic N) is 4. The number of methoxy groups -OCH3 is 1. The molecule has 1 aromatic carbocycles. The van der Waals surface area contributed by atoms with E-state index in [2.05, 4.69) is 32.7 Å². The number of hydrogen-bond donors (Lipinski definition) is 1. The van der Waals surface area contributed by atoms with Crippen molar-refractivity contribution in [1.29, 1.82) is 0 Å². The van der Waals surface area contributed by atoms with Gasteiger partial charge in [-0.2, -0.15) is 0 Å². The number of H-pyrrole nitrogens is 1. The second-order valence-electron chi connectivity index (χ2n) is 7.89. The molecule has 28 heavy (non-hydrogen) atoms. The Labute approximate surface area is 163 Å². The Balaban J connectivity index is 1.49. The number of rotatable bonds is 3. The van der Waals surface area contributed by atoms with Crippen LogP contribution in [-0.2, 0) is 30.7 Å². The van der Waals surface area contributed by atoms with Gasteiger partial charge in [0.15, 0.2) is 11.6 Å². The summed E-state index contributed by atoms with van der Waals surface area (Å²) in [4.78, 5) is 18.9. The zero-order valence-corrected chi connectivity index (χ0v) is 16.4. The van der Waals surface area contributed by atoms with E-state index < -0.39 is 0 Å². The number of para-hydroxylation sites is 1. The van der Waals surface area contributed by atoms with Crippen LogP contribution >= 0.6 is 0 Å². The molecule has 0 bridgehead atoms. The first-order chi connectivity index (χ1) is 13.7. The van der Waals surface area contributed by atoms with Crippen molar-refractivity contribution in [3.8, 4) is 0 Å². The van der Waals surface area contributed by atoms with E-state index >= 15 is 0 Å². The largest absolute Gasteiger partial charge is 0.377 e. The molecule has 146 valence electrons. The molecule has 1 atom stereocenters. The molecular weight excluding hydrogens is 354 g/mol. The minimum Gasteiger partial charge on any atom is -0.377 e. The molecule has 1 aliphatic carbocycles. The van der Waals surface area contributed by atoms with Gasteiger partial charge in [0.05, 0.1) is 23.7 Å². The Morgan fingerprint density at radius 1 is 1.29 bits per heavy atom. The van der Waals surface area contributed by atoms with Crippen molar-refractivity contribution in [3.05, 3.63) is 46.7 Å². The van der Waals surface area contributed by atoms with Crippen LogP contribution in [0, 0.1) is 0 Å². The van der Waals surface area contributed by atoms with E-state index in [9.17, 15) is 4.79 Å². The monoisotopic (exact) mass is 379 g/mol. The topological polar surface area (TPSA) is 76.0 Å². The third-order valence-corrected chi connectivity index (χ3v) is 6.02. The molecule has 0 fully saturated rings. The van der Waals surface area contributed by atoms with Gasteiger partial charge >= 0.3 is 0 Å². The number of benzene rings is 1. The van der Waals surface area contributed by atoms with Crippen molar-refractivity contribution >= 4 is 16.8 Å². The van der Waals surface area contributed by atoms with Crippen LogP contribution in [0.5, 0.6) is 0 Å². The van der Waals surface area contributed by atoms with Crippen molar-refractivity contribution in [1.82, 2.24) is 24.6 Å². The van der Waals surface area contributed by atoms with Gasteiger partial charge in [-0.25, -0.2) is 0 Å². The number of aromatic amines is 1. The second-order valence-corrected chi connectivity index (χ2v) is 7.89. The lowest BCUT2D eigenvalue weighted by Gasteiger charge is -2.32. The Bertz CT molecular complexity index is 1050. The number of carbonyl (C=O) groups is 1. The van der Waals surface area contributed by atoms with Crippen LogP contribution in [0.1, 0.15) is 59.1 Å². The first-order valence-electron chi connectivity index (χ1n) is 10.0. The fourth-order valence-electron chi connectivity index (χ4n) is 4.77. The summed E-state index contributed by atoms with van der Waals surface area (Å²) >= 11 is 0. The summed E-state index contributed by atoms with van der Waals surface area (Å²) in [6, 6.07) is 6.20. The van der Waals surface area contributed by atoms with Crippen molar-refractivity contribution in [2.45, 2.75) is 51.8 Å². The van der Waals surface area contributed by atoms with Crippen LogP contribution < -0.4 is 0 Å². The van der Waals surface area contributed by atoms with Crippen LogP contribution in [0.15, 0.2) is 18.2 Å². The maximum atomic E-state index is 13.4. The fraction of sp³-hybridized carbons (Fsp3) is 0.476. The highest BCUT2D eigenvalue weighted by molar-refractivity contribution is 6.06. The molecule has 3 heterocycles. The summed E-state index contributed by atoms with van der Waals surface area (Å²) in [7, 11) is 1.65. The van der Waals surface area contributed by atoms with Gasteiger partial charge in [0.2, 0.25) is 0 Å². The number of carbonyl (C=O) groups excluding carboxylic acids is 1. The Morgan fingerprint density at radius 2 is 2.14 bits per heavy atom. The van der Waals surface area contributed by atoms with E-state index in [1.807, 2.05) is 17.0 Å². The number of nitrogens with one attached hydrogen (secondary N) is 1. The summed E-state index contributed by atoms with van der Waals surface area (Å²) in [5, 5.41) is 9.75. The summed E-state index contributed by atoms with van der Waals surface area (Å²) < 4.78 is 7.32. The molecule has 1 N–H and O–H groups in total. The molecule has 1 aliphatic heterocycles. The number of fused-ring (bicyclic) bond motifs is 4. The second kappa shape index (κ2) is 6.74. The summed E-state index contributed by atoms with van der Waals surface area (Å²) in [5.74, 6) is 1.69. The molecule has 0 saturated carbocycles. The highest BCUT2D eigenvalue weighted by atomic mass is 16.5. The molecule has 2 aromatic heterocycles. The van der Waals surface area contributed by atoms with E-state index in [0.717, 1.165) is 35.6 Å². The van der Waals surface area contributed by atoms with E-state index in [-0.39, 0.29) is 11.9 Å². The van der Waals surface area contributed by atoms with Crippen molar-refractivity contribution in [2.24, 2.45) is 0 Å². The summed E-state index contributed by atoms with van der Waals surface area (Å²) in [6.45, 7) is 3.63. The van der Waals surface area contributed by atoms with Crippen molar-refractivity contribution < 1.29 is 9.53 Å². The minimum absolute atomic E-state index is 0.0542. The third-order valence-electron chi connectivity index (χ3n) is 6.02. The molecule has 0 saturated heterocycles. The molecule has 0 radical (unpaired) electrons. The van der Waals surface area contributed by atoms with E-state index in [1.54, 1.807) is 7.11 Å². The Kier molecular flexibility index (Phi) is 4.19. The zero-order chi connectivity index (χ0) is 19.3. The lowest BCUT2D eigenvalue weighted by Crippen LogP contribution is -2.41. The van der Waals surface area contributed by atoms with E-state index in [4.69, 9.17) is 4.74 Å². The predicted octanol–water partition coefficient (Wildman–Crippen LogP) is 3.00. The van der Waals surface area contributed by atoms with Gasteiger partial charge in [-0.05, 0) is 44.2 Å². The molecule has 2 aliphatic rings. The molecule has 5 rings (SSSR count). The fourth-order valence-corrected chi connectivity index (χ4v) is 4.77. The van der Waals surface area contributed by atoms with E-state index in [1.165, 1.54) is 29.5 Å². The number of amides is 1. The van der Waals surface area contributed by atoms with Gasteiger partial charge in [0.1, 0.15) is 6.61 Å². The quantitative estimate of drug-likeness (QED) is 0.759. The van der Waals surface area contributed by atoms with Crippen LogP contribution in [0.2, 0.25) is 0 Å². The van der Waals surface area contributed by atoms with Gasteiger partial charge in [-0.1, -0.05) is 12.1 Å². The van der Waals surface area contributed by atoms with Gasteiger partial charge in [0, 0.05) is 24.7 Å².